The lowest BCUT2D eigenvalue weighted by Crippen LogP contribution is -2.47. The van der Waals surface area contributed by atoms with Crippen molar-refractivity contribution in [3.8, 4) is 0 Å². The van der Waals surface area contributed by atoms with Crippen molar-refractivity contribution in [2.75, 3.05) is 33.2 Å². The van der Waals surface area contributed by atoms with E-state index in [2.05, 4.69) is 16.8 Å². The fourth-order valence-electron chi connectivity index (χ4n) is 2.28. The third kappa shape index (κ3) is 2.68. The molecule has 94 valence electrons. The highest BCUT2D eigenvalue weighted by atomic mass is 16.4. The Bertz CT molecular complexity index is 368. The third-order valence-corrected chi connectivity index (χ3v) is 3.42. The standard InChI is InChI=1S/C12H19N3O2/c1-14-4-6-15(7-5-14)11-3-2-9(12(16)17)8-10(11)13/h2-3,10H,4-8,13H2,1H3,(H,16,17). The molecule has 2 rings (SSSR count). The fourth-order valence-corrected chi connectivity index (χ4v) is 2.28. The quantitative estimate of drug-likeness (QED) is 0.699. The summed E-state index contributed by atoms with van der Waals surface area (Å²) in [6.07, 6.45) is 3.97. The van der Waals surface area contributed by atoms with Crippen LogP contribution in [0.4, 0.5) is 0 Å². The molecule has 1 aliphatic carbocycles. The summed E-state index contributed by atoms with van der Waals surface area (Å²) in [6, 6.07) is -0.186. The van der Waals surface area contributed by atoms with Gasteiger partial charge in [0.25, 0.3) is 0 Å². The molecule has 1 atom stereocenters. The smallest absolute Gasteiger partial charge is 0.331 e. The number of hydrogen-bond acceptors (Lipinski definition) is 4. The molecule has 0 bridgehead atoms. The van der Waals surface area contributed by atoms with Crippen LogP contribution in [0.15, 0.2) is 23.4 Å². The molecule has 3 N–H and O–H groups in total. The molecule has 5 nitrogen and oxygen atoms in total. The minimum Gasteiger partial charge on any atom is -0.478 e. The van der Waals surface area contributed by atoms with Crippen molar-refractivity contribution in [3.05, 3.63) is 23.4 Å². The monoisotopic (exact) mass is 237 g/mol. The average molecular weight is 237 g/mol. The number of carboxylic acids is 1. The Hall–Kier alpha value is -1.33. The SMILES string of the molecule is CN1CCN(C2=CC=C(C(=O)O)CC2N)CC1. The van der Waals surface area contributed by atoms with E-state index >= 15 is 0 Å². The van der Waals surface area contributed by atoms with Crippen molar-refractivity contribution >= 4 is 5.97 Å². The van der Waals surface area contributed by atoms with E-state index in [1.165, 1.54) is 0 Å². The maximum Gasteiger partial charge on any atom is 0.331 e. The lowest BCUT2D eigenvalue weighted by Gasteiger charge is -2.38. The number of carboxylic acid groups (broad SMARTS) is 1. The van der Waals surface area contributed by atoms with Crippen molar-refractivity contribution in [1.82, 2.24) is 9.80 Å². The van der Waals surface area contributed by atoms with E-state index in [0.29, 0.717) is 12.0 Å². The summed E-state index contributed by atoms with van der Waals surface area (Å²) in [5, 5.41) is 8.91. The van der Waals surface area contributed by atoms with Gasteiger partial charge in [-0.15, -0.1) is 0 Å². The third-order valence-electron chi connectivity index (χ3n) is 3.42. The molecular formula is C12H19N3O2. The molecule has 0 radical (unpaired) electrons. The van der Waals surface area contributed by atoms with Gasteiger partial charge in [0.2, 0.25) is 0 Å². The predicted octanol–water partition coefficient (Wildman–Crippen LogP) is -0.140. The summed E-state index contributed by atoms with van der Waals surface area (Å²) in [5.41, 5.74) is 7.52. The molecule has 0 spiro atoms. The van der Waals surface area contributed by atoms with Gasteiger partial charge in [-0.2, -0.15) is 0 Å². The van der Waals surface area contributed by atoms with Crippen LogP contribution < -0.4 is 5.73 Å². The van der Waals surface area contributed by atoms with Crippen molar-refractivity contribution in [2.24, 2.45) is 5.73 Å². The number of hydrogen-bond donors (Lipinski definition) is 2. The second-order valence-electron chi connectivity index (χ2n) is 4.69. The Kier molecular flexibility index (Phi) is 3.49. The topological polar surface area (TPSA) is 69.8 Å². The molecule has 0 saturated carbocycles. The first-order chi connectivity index (χ1) is 8.08. The van der Waals surface area contributed by atoms with E-state index in [4.69, 9.17) is 10.8 Å². The van der Waals surface area contributed by atoms with Crippen LogP contribution in [-0.2, 0) is 4.79 Å². The van der Waals surface area contributed by atoms with Crippen LogP contribution in [0.5, 0.6) is 0 Å². The van der Waals surface area contributed by atoms with Gasteiger partial charge in [-0.05, 0) is 19.2 Å². The number of allylic oxidation sites excluding steroid dienone is 2. The van der Waals surface area contributed by atoms with E-state index in [1.54, 1.807) is 6.08 Å². The number of nitrogens with zero attached hydrogens (tertiary/aromatic N) is 2. The number of aliphatic carboxylic acids is 1. The normalized spacial score (nSPS) is 26.5. The van der Waals surface area contributed by atoms with E-state index in [1.807, 2.05) is 6.08 Å². The molecule has 1 aliphatic heterocycles. The van der Waals surface area contributed by atoms with Gasteiger partial charge in [-0.25, -0.2) is 4.79 Å². The Balaban J connectivity index is 2.08. The van der Waals surface area contributed by atoms with E-state index in [9.17, 15) is 4.79 Å². The lowest BCUT2D eigenvalue weighted by atomic mass is 9.97. The summed E-state index contributed by atoms with van der Waals surface area (Å²) in [5.74, 6) is -0.867. The van der Waals surface area contributed by atoms with Gasteiger partial charge in [0.15, 0.2) is 0 Å². The summed E-state index contributed by atoms with van der Waals surface area (Å²) in [4.78, 5) is 15.4. The van der Waals surface area contributed by atoms with E-state index in [0.717, 1.165) is 31.9 Å². The average Bonchev–Trinajstić information content (AvgIpc) is 2.30. The molecule has 0 aromatic heterocycles. The first-order valence-electron chi connectivity index (χ1n) is 5.91. The van der Waals surface area contributed by atoms with Crippen molar-refractivity contribution in [1.29, 1.82) is 0 Å². The zero-order valence-corrected chi connectivity index (χ0v) is 10.1. The van der Waals surface area contributed by atoms with Crippen LogP contribution in [0.1, 0.15) is 6.42 Å². The molecule has 1 unspecified atom stereocenters. The number of likely N-dealkylation sites (N-methyl/N-ethyl adjacent to an activating group) is 1. The molecular weight excluding hydrogens is 218 g/mol. The summed E-state index contributed by atoms with van der Waals surface area (Å²) in [6.45, 7) is 3.98. The summed E-state index contributed by atoms with van der Waals surface area (Å²) < 4.78 is 0. The number of carbonyl (C=O) groups is 1. The van der Waals surface area contributed by atoms with Crippen molar-refractivity contribution in [3.63, 3.8) is 0 Å². The highest BCUT2D eigenvalue weighted by Crippen LogP contribution is 2.21. The maximum atomic E-state index is 10.9. The summed E-state index contributed by atoms with van der Waals surface area (Å²) in [7, 11) is 2.11. The highest BCUT2D eigenvalue weighted by molar-refractivity contribution is 5.87. The number of rotatable bonds is 2. The van der Waals surface area contributed by atoms with Gasteiger partial charge in [0, 0.05) is 49.9 Å². The van der Waals surface area contributed by atoms with Crippen LogP contribution in [0, 0.1) is 0 Å². The van der Waals surface area contributed by atoms with Gasteiger partial charge in [0.05, 0.1) is 0 Å². The predicted molar refractivity (Wildman–Crippen MR) is 65.5 cm³/mol. The minimum absolute atomic E-state index is 0.186. The van der Waals surface area contributed by atoms with Gasteiger partial charge in [-0.3, -0.25) is 0 Å². The number of piperazine rings is 1. The Morgan fingerprint density at radius 1 is 1.35 bits per heavy atom. The Morgan fingerprint density at radius 2 is 2.00 bits per heavy atom. The molecule has 5 heteroatoms. The molecule has 0 amide bonds. The van der Waals surface area contributed by atoms with Crippen LogP contribution in [0.3, 0.4) is 0 Å². The molecule has 1 heterocycles. The zero-order valence-electron chi connectivity index (χ0n) is 10.1. The lowest BCUT2D eigenvalue weighted by molar-refractivity contribution is -0.132. The molecule has 0 aromatic rings. The van der Waals surface area contributed by atoms with Gasteiger partial charge >= 0.3 is 5.97 Å². The van der Waals surface area contributed by atoms with Crippen LogP contribution in [-0.4, -0.2) is 60.1 Å². The molecule has 1 fully saturated rings. The van der Waals surface area contributed by atoms with E-state index in [-0.39, 0.29) is 6.04 Å². The highest BCUT2D eigenvalue weighted by Gasteiger charge is 2.25. The zero-order chi connectivity index (χ0) is 12.4. The van der Waals surface area contributed by atoms with Crippen molar-refractivity contribution in [2.45, 2.75) is 12.5 Å². The van der Waals surface area contributed by atoms with Gasteiger partial charge in [-0.1, -0.05) is 0 Å². The second-order valence-corrected chi connectivity index (χ2v) is 4.69. The second kappa shape index (κ2) is 4.89. The first kappa shape index (κ1) is 12.1. The fraction of sp³-hybridized carbons (Fsp3) is 0.583. The first-order valence-corrected chi connectivity index (χ1v) is 5.91. The largest absolute Gasteiger partial charge is 0.478 e. The Morgan fingerprint density at radius 3 is 2.53 bits per heavy atom. The maximum absolute atomic E-state index is 10.9. The van der Waals surface area contributed by atoms with E-state index < -0.39 is 5.97 Å². The van der Waals surface area contributed by atoms with Crippen LogP contribution in [0.2, 0.25) is 0 Å². The molecule has 17 heavy (non-hydrogen) atoms. The van der Waals surface area contributed by atoms with Gasteiger partial charge in [0.1, 0.15) is 0 Å². The number of nitrogens with two attached hydrogens (primary N) is 1. The molecule has 2 aliphatic rings. The van der Waals surface area contributed by atoms with Crippen LogP contribution >= 0.6 is 0 Å². The Labute approximate surface area is 101 Å². The van der Waals surface area contributed by atoms with Crippen LogP contribution in [0.25, 0.3) is 0 Å². The minimum atomic E-state index is -0.867. The molecule has 1 saturated heterocycles. The van der Waals surface area contributed by atoms with Gasteiger partial charge < -0.3 is 20.6 Å². The molecule has 0 aromatic carbocycles. The summed E-state index contributed by atoms with van der Waals surface area (Å²) >= 11 is 0. The van der Waals surface area contributed by atoms with Crippen molar-refractivity contribution < 1.29 is 9.90 Å².